The molecule has 1 aromatic heterocycles. The summed E-state index contributed by atoms with van der Waals surface area (Å²) in [5.74, 6) is 0.398. The van der Waals surface area contributed by atoms with Gasteiger partial charge in [-0.15, -0.1) is 10.2 Å². The minimum atomic E-state index is 0.194. The quantitative estimate of drug-likeness (QED) is 0.404. The van der Waals surface area contributed by atoms with Gasteiger partial charge in [0.2, 0.25) is 0 Å². The summed E-state index contributed by atoms with van der Waals surface area (Å²) in [6.45, 7) is 0. The van der Waals surface area contributed by atoms with Crippen LogP contribution in [0.2, 0.25) is 0 Å². The number of aromatic nitrogens is 3. The lowest BCUT2D eigenvalue weighted by Crippen LogP contribution is -1.91. The van der Waals surface area contributed by atoms with Gasteiger partial charge in [0.25, 0.3) is 0 Å². The van der Waals surface area contributed by atoms with Crippen LogP contribution in [0.1, 0.15) is 0 Å². The van der Waals surface area contributed by atoms with E-state index in [-0.39, 0.29) is 12.6 Å². The average Bonchev–Trinajstić information content (AvgIpc) is 2.07. The molecule has 1 rings (SSSR count). The van der Waals surface area contributed by atoms with Gasteiger partial charge >= 0.3 is 0 Å². The Morgan fingerprint density at radius 1 is 1.36 bits per heavy atom. The molecule has 0 aliphatic carbocycles. The van der Waals surface area contributed by atoms with Crippen molar-refractivity contribution in [3.63, 3.8) is 0 Å². The Bertz CT molecular complexity index is 207. The number of anilines is 1. The van der Waals surface area contributed by atoms with Crippen molar-refractivity contribution in [2.45, 2.75) is 0 Å². The van der Waals surface area contributed by atoms with Gasteiger partial charge in [0, 0.05) is 6.07 Å². The van der Waals surface area contributed by atoms with Gasteiger partial charge < -0.3 is 5.73 Å². The molecule has 1 heterocycles. The van der Waals surface area contributed by atoms with Gasteiger partial charge in [-0.05, 0) is 5.21 Å². The van der Waals surface area contributed by atoms with Crippen LogP contribution in [-0.2, 0) is 9.59 Å². The molecular formula is C5H6N4O2. The van der Waals surface area contributed by atoms with Gasteiger partial charge in [-0.1, -0.05) is 0 Å². The number of nitrogen functional groups attached to an aromatic ring is 1. The molecule has 0 radical (unpaired) electrons. The Hall–Kier alpha value is -1.85. The number of aldehydes is 2. The second kappa shape index (κ2) is 6.27. The molecule has 0 spiro atoms. The fraction of sp³-hybridized carbons (Fsp3) is 0. The molecule has 6 heteroatoms. The maximum absolute atomic E-state index is 8.81. The first-order valence-electron chi connectivity index (χ1n) is 2.60. The third-order valence-corrected chi connectivity index (χ3v) is 0.579. The lowest BCUT2D eigenvalue weighted by atomic mass is 10.6. The number of rotatable bonds is 1. The molecule has 0 aliphatic rings. The predicted molar refractivity (Wildman–Crippen MR) is 36.4 cm³/mol. The summed E-state index contributed by atoms with van der Waals surface area (Å²) in [6.07, 6.45) is 1.88. The van der Waals surface area contributed by atoms with E-state index in [1.54, 1.807) is 6.07 Å². The zero-order valence-electron chi connectivity index (χ0n) is 5.54. The third kappa shape index (κ3) is 6.03. The molecule has 0 atom stereocenters. The number of nitrogens with two attached hydrogens (primary N) is 1. The number of carbonyl (C=O) groups excluding carboxylic acids is 2. The van der Waals surface area contributed by atoms with Gasteiger partial charge in [-0.25, -0.2) is 0 Å². The Labute approximate surface area is 62.4 Å². The van der Waals surface area contributed by atoms with Crippen molar-refractivity contribution in [3.05, 3.63) is 12.3 Å². The first-order valence-corrected chi connectivity index (χ1v) is 2.60. The van der Waals surface area contributed by atoms with Crippen molar-refractivity contribution >= 4 is 18.4 Å². The first-order chi connectivity index (χ1) is 5.31. The van der Waals surface area contributed by atoms with E-state index in [4.69, 9.17) is 15.3 Å². The molecule has 0 aliphatic heterocycles. The normalized spacial score (nSPS) is 7.27. The summed E-state index contributed by atoms with van der Waals surface area (Å²) in [5.41, 5.74) is 5.14. The van der Waals surface area contributed by atoms with Crippen LogP contribution in [0.5, 0.6) is 0 Å². The number of hydrogen-bond donors (Lipinski definition) is 1. The molecular weight excluding hydrogens is 148 g/mol. The van der Waals surface area contributed by atoms with Crippen molar-refractivity contribution in [2.75, 3.05) is 5.73 Å². The SMILES string of the molecule is Nc1ccnnn1.O=CC=O. The van der Waals surface area contributed by atoms with E-state index in [0.29, 0.717) is 5.82 Å². The third-order valence-electron chi connectivity index (χ3n) is 0.579. The van der Waals surface area contributed by atoms with Crippen molar-refractivity contribution < 1.29 is 9.59 Å². The Kier molecular flexibility index (Phi) is 5.22. The largest absolute Gasteiger partial charge is 0.382 e. The van der Waals surface area contributed by atoms with Gasteiger partial charge in [-0.3, -0.25) is 9.59 Å². The summed E-state index contributed by atoms with van der Waals surface area (Å²) < 4.78 is 0. The molecule has 0 unspecified atom stereocenters. The molecule has 0 saturated heterocycles. The van der Waals surface area contributed by atoms with Crippen LogP contribution in [0, 0.1) is 0 Å². The van der Waals surface area contributed by atoms with Crippen LogP contribution >= 0.6 is 0 Å². The van der Waals surface area contributed by atoms with Crippen LogP contribution in [0.25, 0.3) is 0 Å². The van der Waals surface area contributed by atoms with Gasteiger partial charge in [0.1, 0.15) is 5.82 Å². The van der Waals surface area contributed by atoms with E-state index < -0.39 is 0 Å². The van der Waals surface area contributed by atoms with Crippen LogP contribution < -0.4 is 5.73 Å². The molecule has 58 valence electrons. The van der Waals surface area contributed by atoms with Crippen molar-refractivity contribution in [1.29, 1.82) is 0 Å². The molecule has 0 aromatic carbocycles. The molecule has 0 bridgehead atoms. The van der Waals surface area contributed by atoms with Crippen molar-refractivity contribution in [3.8, 4) is 0 Å². The van der Waals surface area contributed by atoms with Crippen LogP contribution in [0.4, 0.5) is 5.82 Å². The Morgan fingerprint density at radius 3 is 2.18 bits per heavy atom. The van der Waals surface area contributed by atoms with Gasteiger partial charge in [0.15, 0.2) is 12.6 Å². The van der Waals surface area contributed by atoms with E-state index in [0.717, 1.165) is 0 Å². The van der Waals surface area contributed by atoms with Crippen LogP contribution in [0.3, 0.4) is 0 Å². The standard InChI is InChI=1S/C3H4N4.C2H2O2/c4-3-1-2-5-7-6-3;3-1-2-4/h1-2H,(H2,4,5,6);1-2H. The monoisotopic (exact) mass is 154 g/mol. The van der Waals surface area contributed by atoms with Crippen molar-refractivity contribution in [2.24, 2.45) is 0 Å². The summed E-state index contributed by atoms with van der Waals surface area (Å²) in [6, 6.07) is 1.58. The van der Waals surface area contributed by atoms with E-state index in [9.17, 15) is 0 Å². The molecule has 0 amide bonds. The minimum Gasteiger partial charge on any atom is -0.382 e. The first kappa shape index (κ1) is 9.15. The van der Waals surface area contributed by atoms with Crippen LogP contribution in [-0.4, -0.2) is 28.0 Å². The Balaban J connectivity index is 0.000000218. The summed E-state index contributed by atoms with van der Waals surface area (Å²) in [7, 11) is 0. The van der Waals surface area contributed by atoms with E-state index in [1.807, 2.05) is 0 Å². The minimum absolute atomic E-state index is 0.194. The Morgan fingerprint density at radius 2 is 2.00 bits per heavy atom. The smallest absolute Gasteiger partial charge is 0.182 e. The molecule has 0 saturated carbocycles. The topological polar surface area (TPSA) is 98.8 Å². The fourth-order valence-electron chi connectivity index (χ4n) is 0.250. The number of nitrogens with zero attached hydrogens (tertiary/aromatic N) is 3. The summed E-state index contributed by atoms with van der Waals surface area (Å²) in [4.78, 5) is 17.6. The average molecular weight is 154 g/mol. The van der Waals surface area contributed by atoms with Gasteiger partial charge in [0.05, 0.1) is 6.20 Å². The summed E-state index contributed by atoms with van der Waals surface area (Å²) in [5, 5.41) is 10.1. The van der Waals surface area contributed by atoms with E-state index in [2.05, 4.69) is 15.4 Å². The lowest BCUT2D eigenvalue weighted by molar-refractivity contribution is -0.122. The zero-order chi connectivity index (χ0) is 8.53. The highest BCUT2D eigenvalue weighted by atomic mass is 16.2. The van der Waals surface area contributed by atoms with Crippen LogP contribution in [0.15, 0.2) is 12.3 Å². The highest BCUT2D eigenvalue weighted by Crippen LogP contribution is 1.83. The van der Waals surface area contributed by atoms with E-state index in [1.165, 1.54) is 6.20 Å². The lowest BCUT2D eigenvalue weighted by Gasteiger charge is -1.80. The highest BCUT2D eigenvalue weighted by molar-refractivity contribution is 6.09. The second-order valence-corrected chi connectivity index (χ2v) is 1.32. The molecule has 0 fully saturated rings. The summed E-state index contributed by atoms with van der Waals surface area (Å²) >= 11 is 0. The molecule has 6 nitrogen and oxygen atoms in total. The number of carbonyl (C=O) groups is 2. The fourth-order valence-corrected chi connectivity index (χ4v) is 0.250. The maximum atomic E-state index is 8.81. The molecule has 11 heavy (non-hydrogen) atoms. The van der Waals surface area contributed by atoms with E-state index >= 15 is 0 Å². The molecule has 1 aromatic rings. The van der Waals surface area contributed by atoms with Gasteiger partial charge in [-0.2, -0.15) is 0 Å². The zero-order valence-corrected chi connectivity index (χ0v) is 5.54. The molecule has 2 N–H and O–H groups in total. The maximum Gasteiger partial charge on any atom is 0.182 e. The second-order valence-electron chi connectivity index (χ2n) is 1.32. The predicted octanol–water partition coefficient (Wildman–Crippen LogP) is -1.16. The van der Waals surface area contributed by atoms with Crippen molar-refractivity contribution in [1.82, 2.24) is 15.4 Å². The number of hydrogen-bond acceptors (Lipinski definition) is 6. The highest BCUT2D eigenvalue weighted by Gasteiger charge is 1.76.